The van der Waals surface area contributed by atoms with Gasteiger partial charge in [-0.2, -0.15) is 4.72 Å². The highest BCUT2D eigenvalue weighted by atomic mass is 32.2. The van der Waals surface area contributed by atoms with Crippen molar-refractivity contribution >= 4 is 27.7 Å². The van der Waals surface area contributed by atoms with Gasteiger partial charge >= 0.3 is 12.0 Å². The number of urea groups is 1. The zero-order valence-electron chi connectivity index (χ0n) is 16.5. The summed E-state index contributed by atoms with van der Waals surface area (Å²) in [6.45, 7) is 7.76. The number of aliphatic carboxylic acids is 1. The molecule has 0 aliphatic rings. The van der Waals surface area contributed by atoms with Crippen LogP contribution in [0.2, 0.25) is 0 Å². The lowest BCUT2D eigenvalue weighted by Crippen LogP contribution is -2.40. The number of hydrogen-bond donors (Lipinski definition) is 5. The maximum atomic E-state index is 12.3. The maximum Gasteiger partial charge on any atom is 0.348 e. The second-order valence-electron chi connectivity index (χ2n) is 6.46. The van der Waals surface area contributed by atoms with Crippen LogP contribution in [0, 0.1) is 0 Å². The summed E-state index contributed by atoms with van der Waals surface area (Å²) < 4.78 is 26.3. The Kier molecular flexibility index (Phi) is 8.08. The zero-order chi connectivity index (χ0) is 23.0. The van der Waals surface area contributed by atoms with Gasteiger partial charge in [-0.1, -0.05) is 49.1 Å². The Balaban J connectivity index is 2.15. The van der Waals surface area contributed by atoms with E-state index in [2.05, 4.69) is 23.8 Å². The molecule has 10 heteroatoms. The van der Waals surface area contributed by atoms with Crippen molar-refractivity contribution in [1.29, 1.82) is 0 Å². The second kappa shape index (κ2) is 10.5. The summed E-state index contributed by atoms with van der Waals surface area (Å²) in [7, 11) is -4.26. The number of amides is 2. The summed E-state index contributed by atoms with van der Waals surface area (Å²) in [5.74, 6) is -1.72. The Labute approximate surface area is 180 Å². The van der Waals surface area contributed by atoms with Gasteiger partial charge in [0.1, 0.15) is 0 Å². The molecule has 2 rings (SSSR count). The molecule has 0 aliphatic heterocycles. The largest absolute Gasteiger partial charge is 0.478 e. The number of allylic oxidation sites excluding steroid dienone is 1. The van der Waals surface area contributed by atoms with Crippen LogP contribution in [0.25, 0.3) is 11.1 Å². The van der Waals surface area contributed by atoms with Crippen LogP contribution in [0.1, 0.15) is 6.42 Å². The van der Waals surface area contributed by atoms with Crippen LogP contribution in [-0.4, -0.2) is 43.4 Å². The molecule has 0 heterocycles. The van der Waals surface area contributed by atoms with E-state index in [9.17, 15) is 23.1 Å². The first-order chi connectivity index (χ1) is 14.6. The first-order valence-electron chi connectivity index (χ1n) is 9.11. The number of nitrogens with one attached hydrogen (secondary N) is 3. The van der Waals surface area contributed by atoms with Gasteiger partial charge in [-0.15, -0.1) is 0 Å². The molecule has 9 nitrogen and oxygen atoms in total. The number of aliphatic hydroxyl groups excluding tert-OH is 1. The molecule has 31 heavy (non-hydrogen) atoms. The summed E-state index contributed by atoms with van der Waals surface area (Å²) in [4.78, 5) is 22.5. The topological polar surface area (TPSA) is 145 Å². The summed E-state index contributed by atoms with van der Waals surface area (Å²) in [6.07, 6.45) is -0.0682. The number of aliphatic hydroxyl groups is 1. The minimum absolute atomic E-state index is 0.219. The number of carbonyl (C=O) groups excluding carboxylic acids is 1. The molecule has 2 aromatic rings. The molecule has 1 atom stereocenters. The normalized spacial score (nSPS) is 11.9. The van der Waals surface area contributed by atoms with Gasteiger partial charge in [0.2, 0.25) is 16.3 Å². The van der Waals surface area contributed by atoms with E-state index >= 15 is 0 Å². The van der Waals surface area contributed by atoms with Gasteiger partial charge in [0, 0.05) is 12.2 Å². The van der Waals surface area contributed by atoms with Crippen LogP contribution < -0.4 is 15.4 Å². The smallest absolute Gasteiger partial charge is 0.348 e. The van der Waals surface area contributed by atoms with E-state index < -0.39 is 28.3 Å². The molecule has 0 aromatic heterocycles. The Morgan fingerprint density at radius 1 is 1.10 bits per heavy atom. The van der Waals surface area contributed by atoms with Crippen molar-refractivity contribution in [3.63, 3.8) is 0 Å². The predicted molar refractivity (Wildman–Crippen MR) is 117 cm³/mol. The Hall–Kier alpha value is -3.47. The van der Waals surface area contributed by atoms with E-state index in [4.69, 9.17) is 5.11 Å². The SMILES string of the molecule is C=CC(=C)CCNC(=O)Nc1cccc(-c2cccc(S(=O)(=O)N[C@@H](O)C(=O)O)c2)c1. The van der Waals surface area contributed by atoms with Crippen molar-refractivity contribution in [3.05, 3.63) is 73.3 Å². The third kappa shape index (κ3) is 7.07. The Morgan fingerprint density at radius 2 is 1.74 bits per heavy atom. The maximum absolute atomic E-state index is 12.3. The minimum atomic E-state index is -4.26. The van der Waals surface area contributed by atoms with Crippen molar-refractivity contribution in [2.45, 2.75) is 17.5 Å². The molecular weight excluding hydrogens is 422 g/mol. The quantitative estimate of drug-likeness (QED) is 0.280. The molecule has 0 unspecified atom stereocenters. The van der Waals surface area contributed by atoms with Gasteiger partial charge in [0.05, 0.1) is 4.90 Å². The lowest BCUT2D eigenvalue weighted by Gasteiger charge is -2.12. The Bertz CT molecular complexity index is 1100. The first kappa shape index (κ1) is 23.8. The van der Waals surface area contributed by atoms with E-state index in [1.165, 1.54) is 18.2 Å². The van der Waals surface area contributed by atoms with E-state index in [0.29, 0.717) is 29.8 Å². The standard InChI is InChI=1S/C21H23N3O6S/c1-3-14(2)10-11-22-21(28)23-17-8-4-6-15(12-17)16-7-5-9-18(13-16)31(29,30)24-19(25)20(26)27/h3-9,12-13,19,24-25H,1-2,10-11H2,(H,26,27)(H2,22,23,28)/t19-/m0/s1. The van der Waals surface area contributed by atoms with Gasteiger partial charge in [-0.05, 0) is 41.8 Å². The van der Waals surface area contributed by atoms with E-state index in [1.54, 1.807) is 41.1 Å². The number of carbonyl (C=O) groups is 2. The number of sulfonamides is 1. The summed E-state index contributed by atoms with van der Waals surface area (Å²) >= 11 is 0. The predicted octanol–water partition coefficient (Wildman–Crippen LogP) is 2.29. The summed E-state index contributed by atoms with van der Waals surface area (Å²) in [5.41, 5.74) is 2.43. The highest BCUT2D eigenvalue weighted by molar-refractivity contribution is 7.89. The number of carboxylic acid groups (broad SMARTS) is 1. The Morgan fingerprint density at radius 3 is 2.39 bits per heavy atom. The molecule has 0 radical (unpaired) electrons. The van der Waals surface area contributed by atoms with Crippen LogP contribution >= 0.6 is 0 Å². The van der Waals surface area contributed by atoms with Gasteiger partial charge < -0.3 is 20.8 Å². The third-order valence-electron chi connectivity index (χ3n) is 4.12. The molecule has 2 amide bonds. The van der Waals surface area contributed by atoms with Gasteiger partial charge in [-0.25, -0.2) is 18.0 Å². The monoisotopic (exact) mass is 445 g/mol. The lowest BCUT2D eigenvalue weighted by atomic mass is 10.1. The molecule has 0 spiro atoms. The van der Waals surface area contributed by atoms with Gasteiger partial charge in [-0.3, -0.25) is 0 Å². The second-order valence-corrected chi connectivity index (χ2v) is 8.18. The highest BCUT2D eigenvalue weighted by Gasteiger charge is 2.23. The average molecular weight is 445 g/mol. The van der Waals surface area contributed by atoms with E-state index in [0.717, 1.165) is 5.57 Å². The van der Waals surface area contributed by atoms with E-state index in [1.807, 2.05) is 0 Å². The van der Waals surface area contributed by atoms with Gasteiger partial charge in [0.25, 0.3) is 0 Å². The molecule has 5 N–H and O–H groups in total. The number of hydrogen-bond acceptors (Lipinski definition) is 5. The fraction of sp³-hybridized carbons (Fsp3) is 0.143. The van der Waals surface area contributed by atoms with E-state index in [-0.39, 0.29) is 4.90 Å². The van der Waals surface area contributed by atoms with Crippen LogP contribution in [0.3, 0.4) is 0 Å². The molecule has 0 aliphatic carbocycles. The number of carboxylic acids is 1. The summed E-state index contributed by atoms with van der Waals surface area (Å²) in [6, 6.07) is 12.1. The van der Waals surface area contributed by atoms with Crippen molar-refractivity contribution in [2.75, 3.05) is 11.9 Å². The molecule has 0 saturated carbocycles. The number of benzene rings is 2. The number of anilines is 1. The third-order valence-corrected chi connectivity index (χ3v) is 5.53. The van der Waals surface area contributed by atoms with Crippen molar-refractivity contribution < 1.29 is 28.2 Å². The molecular formula is C21H23N3O6S. The molecule has 2 aromatic carbocycles. The number of rotatable bonds is 10. The van der Waals surface area contributed by atoms with Crippen LogP contribution in [-0.2, 0) is 14.8 Å². The zero-order valence-corrected chi connectivity index (χ0v) is 17.4. The lowest BCUT2D eigenvalue weighted by molar-refractivity contribution is -0.147. The van der Waals surface area contributed by atoms with Crippen LogP contribution in [0.15, 0.2) is 78.2 Å². The molecule has 0 fully saturated rings. The first-order valence-corrected chi connectivity index (χ1v) is 10.6. The minimum Gasteiger partial charge on any atom is -0.478 e. The van der Waals surface area contributed by atoms with Crippen molar-refractivity contribution in [3.8, 4) is 11.1 Å². The summed E-state index contributed by atoms with van der Waals surface area (Å²) in [5, 5.41) is 23.4. The van der Waals surface area contributed by atoms with Crippen molar-refractivity contribution in [2.24, 2.45) is 0 Å². The molecule has 0 saturated heterocycles. The van der Waals surface area contributed by atoms with Gasteiger partial charge in [0.15, 0.2) is 0 Å². The molecule has 0 bridgehead atoms. The van der Waals surface area contributed by atoms with Crippen LogP contribution in [0.5, 0.6) is 0 Å². The fourth-order valence-corrected chi connectivity index (χ4v) is 3.57. The average Bonchev–Trinajstić information content (AvgIpc) is 2.73. The van der Waals surface area contributed by atoms with Crippen molar-refractivity contribution in [1.82, 2.24) is 10.0 Å². The molecule has 164 valence electrons. The highest BCUT2D eigenvalue weighted by Crippen LogP contribution is 2.25. The van der Waals surface area contributed by atoms with Crippen LogP contribution in [0.4, 0.5) is 10.5 Å². The fourth-order valence-electron chi connectivity index (χ4n) is 2.50.